The van der Waals surface area contributed by atoms with Gasteiger partial charge >= 0.3 is 5.97 Å². The van der Waals surface area contributed by atoms with Gasteiger partial charge in [0.1, 0.15) is 0 Å². The van der Waals surface area contributed by atoms with Crippen LogP contribution < -0.4 is 0 Å². The van der Waals surface area contributed by atoms with Crippen LogP contribution in [-0.4, -0.2) is 47.8 Å². The summed E-state index contributed by atoms with van der Waals surface area (Å²) in [5.74, 6) is -0.0368. The van der Waals surface area contributed by atoms with Crippen LogP contribution in [0.25, 0.3) is 0 Å². The van der Waals surface area contributed by atoms with Crippen molar-refractivity contribution in [1.82, 2.24) is 4.90 Å². The molecule has 1 N–H and O–H groups in total. The Bertz CT molecular complexity index is 274. The summed E-state index contributed by atoms with van der Waals surface area (Å²) in [6.45, 7) is 5.33. The van der Waals surface area contributed by atoms with Crippen molar-refractivity contribution in [3.8, 4) is 0 Å². The molecule has 0 aromatic rings. The molecule has 0 saturated carbocycles. The zero-order valence-corrected chi connectivity index (χ0v) is 11.3. The second-order valence-electron chi connectivity index (χ2n) is 5.77. The molecular weight excluding hydrogens is 230 g/mol. The highest BCUT2D eigenvalue weighted by atomic mass is 16.5. The first-order chi connectivity index (χ1) is 8.65. The Balaban J connectivity index is 1.71. The molecule has 2 saturated heterocycles. The van der Waals surface area contributed by atoms with Crippen molar-refractivity contribution in [2.75, 3.05) is 19.7 Å². The van der Waals surface area contributed by atoms with E-state index in [9.17, 15) is 4.79 Å². The van der Waals surface area contributed by atoms with Crippen molar-refractivity contribution >= 4 is 5.97 Å². The lowest BCUT2D eigenvalue weighted by molar-refractivity contribution is -0.137. The van der Waals surface area contributed by atoms with E-state index in [4.69, 9.17) is 9.84 Å². The van der Waals surface area contributed by atoms with E-state index in [0.29, 0.717) is 24.5 Å². The molecule has 2 unspecified atom stereocenters. The van der Waals surface area contributed by atoms with Crippen molar-refractivity contribution in [2.24, 2.45) is 5.92 Å². The maximum absolute atomic E-state index is 10.6. The van der Waals surface area contributed by atoms with Crippen LogP contribution in [0.4, 0.5) is 0 Å². The average Bonchev–Trinajstić information content (AvgIpc) is 2.37. The molecule has 2 rings (SSSR count). The molecule has 4 nitrogen and oxygen atoms in total. The first kappa shape index (κ1) is 13.8. The lowest BCUT2D eigenvalue weighted by Gasteiger charge is -2.40. The first-order valence-electron chi connectivity index (χ1n) is 7.22. The third-order valence-electron chi connectivity index (χ3n) is 4.39. The third-order valence-corrected chi connectivity index (χ3v) is 4.39. The van der Waals surface area contributed by atoms with E-state index in [1.807, 2.05) is 0 Å². The van der Waals surface area contributed by atoms with Crippen molar-refractivity contribution in [3.05, 3.63) is 0 Å². The lowest BCUT2D eigenvalue weighted by atomic mass is 9.90. The second-order valence-corrected chi connectivity index (χ2v) is 5.77. The highest BCUT2D eigenvalue weighted by Crippen LogP contribution is 2.27. The number of piperidine rings is 1. The van der Waals surface area contributed by atoms with Gasteiger partial charge in [-0.1, -0.05) is 0 Å². The molecule has 0 bridgehead atoms. The molecule has 2 aliphatic heterocycles. The van der Waals surface area contributed by atoms with Gasteiger partial charge in [-0.3, -0.25) is 4.79 Å². The maximum atomic E-state index is 10.6. The van der Waals surface area contributed by atoms with E-state index in [1.54, 1.807) is 0 Å². The van der Waals surface area contributed by atoms with Gasteiger partial charge in [-0.2, -0.15) is 0 Å². The van der Waals surface area contributed by atoms with Gasteiger partial charge < -0.3 is 14.7 Å². The van der Waals surface area contributed by atoms with Crippen LogP contribution in [0.3, 0.4) is 0 Å². The molecule has 2 atom stereocenters. The van der Waals surface area contributed by atoms with Crippen LogP contribution >= 0.6 is 0 Å². The topological polar surface area (TPSA) is 49.8 Å². The predicted molar refractivity (Wildman–Crippen MR) is 69.6 cm³/mol. The van der Waals surface area contributed by atoms with E-state index >= 15 is 0 Å². The fourth-order valence-corrected chi connectivity index (χ4v) is 3.24. The van der Waals surface area contributed by atoms with Gasteiger partial charge in [-0.15, -0.1) is 0 Å². The van der Waals surface area contributed by atoms with Gasteiger partial charge in [0.05, 0.1) is 6.10 Å². The Morgan fingerprint density at radius 3 is 2.67 bits per heavy atom. The van der Waals surface area contributed by atoms with Crippen LogP contribution in [-0.2, 0) is 9.53 Å². The fourth-order valence-electron chi connectivity index (χ4n) is 3.24. The van der Waals surface area contributed by atoms with Gasteiger partial charge in [0.15, 0.2) is 0 Å². The monoisotopic (exact) mass is 255 g/mol. The minimum absolute atomic E-state index is 0.332. The van der Waals surface area contributed by atoms with Crippen LogP contribution in [0.1, 0.15) is 45.4 Å². The summed E-state index contributed by atoms with van der Waals surface area (Å²) in [6, 6.07) is 0.689. The Kier molecular flexibility index (Phi) is 5.01. The number of hydrogen-bond donors (Lipinski definition) is 1. The number of aliphatic carboxylic acids is 1. The van der Waals surface area contributed by atoms with Gasteiger partial charge in [-0.25, -0.2) is 0 Å². The highest BCUT2D eigenvalue weighted by Gasteiger charge is 2.28. The zero-order valence-electron chi connectivity index (χ0n) is 11.3. The molecule has 2 aliphatic rings. The van der Waals surface area contributed by atoms with E-state index in [2.05, 4.69) is 11.8 Å². The molecule has 0 spiro atoms. The molecule has 4 heteroatoms. The van der Waals surface area contributed by atoms with Crippen molar-refractivity contribution in [2.45, 2.75) is 57.6 Å². The van der Waals surface area contributed by atoms with E-state index < -0.39 is 5.97 Å². The lowest BCUT2D eigenvalue weighted by Crippen LogP contribution is -2.45. The Morgan fingerprint density at radius 1 is 1.33 bits per heavy atom. The number of ether oxygens (including phenoxy) is 1. The number of carbonyl (C=O) groups is 1. The normalized spacial score (nSPS) is 31.4. The molecule has 0 amide bonds. The van der Waals surface area contributed by atoms with Crippen LogP contribution in [0.15, 0.2) is 0 Å². The molecule has 2 fully saturated rings. The summed E-state index contributed by atoms with van der Waals surface area (Å²) in [4.78, 5) is 13.2. The summed E-state index contributed by atoms with van der Waals surface area (Å²) in [5, 5.41) is 8.70. The highest BCUT2D eigenvalue weighted by molar-refractivity contribution is 5.66. The standard InChI is InChI=1S/C14H25NO3/c1-11-10-13(6-9-18-11)15-7-4-12(5-8-15)2-3-14(16)17/h11-13H,2-10H2,1H3,(H,16,17). The van der Waals surface area contributed by atoms with E-state index in [1.165, 1.54) is 12.8 Å². The number of nitrogens with zero attached hydrogens (tertiary/aromatic N) is 1. The summed E-state index contributed by atoms with van der Waals surface area (Å²) < 4.78 is 5.59. The maximum Gasteiger partial charge on any atom is 0.303 e. The van der Waals surface area contributed by atoms with Crippen LogP contribution in [0, 0.1) is 5.92 Å². The number of likely N-dealkylation sites (tertiary alicyclic amines) is 1. The summed E-state index contributed by atoms with van der Waals surface area (Å²) >= 11 is 0. The zero-order chi connectivity index (χ0) is 13.0. The molecule has 2 heterocycles. The predicted octanol–water partition coefficient (Wildman–Crippen LogP) is 2.13. The van der Waals surface area contributed by atoms with Gasteiger partial charge in [0.2, 0.25) is 0 Å². The second kappa shape index (κ2) is 6.53. The first-order valence-corrected chi connectivity index (χ1v) is 7.22. The Hall–Kier alpha value is -0.610. The molecule has 0 radical (unpaired) electrons. The number of carboxylic acids is 1. The Labute approximate surface area is 109 Å². The largest absolute Gasteiger partial charge is 0.481 e. The van der Waals surface area contributed by atoms with E-state index in [0.717, 1.165) is 39.0 Å². The number of rotatable bonds is 4. The molecule has 104 valence electrons. The van der Waals surface area contributed by atoms with Gasteiger partial charge in [-0.05, 0) is 58.0 Å². The molecule has 18 heavy (non-hydrogen) atoms. The van der Waals surface area contributed by atoms with Crippen LogP contribution in [0.2, 0.25) is 0 Å². The van der Waals surface area contributed by atoms with Gasteiger partial charge in [0, 0.05) is 19.1 Å². The van der Waals surface area contributed by atoms with Crippen molar-refractivity contribution < 1.29 is 14.6 Å². The van der Waals surface area contributed by atoms with Gasteiger partial charge in [0.25, 0.3) is 0 Å². The van der Waals surface area contributed by atoms with Crippen LogP contribution in [0.5, 0.6) is 0 Å². The smallest absolute Gasteiger partial charge is 0.303 e. The summed E-state index contributed by atoms with van der Waals surface area (Å²) in [5.41, 5.74) is 0. The molecule has 0 aromatic heterocycles. The minimum atomic E-state index is -0.657. The Morgan fingerprint density at radius 2 is 2.06 bits per heavy atom. The third kappa shape index (κ3) is 3.95. The molecule has 0 aromatic carbocycles. The molecular formula is C14H25NO3. The summed E-state index contributed by atoms with van der Waals surface area (Å²) in [7, 11) is 0. The van der Waals surface area contributed by atoms with Crippen molar-refractivity contribution in [3.63, 3.8) is 0 Å². The fraction of sp³-hybridized carbons (Fsp3) is 0.929. The number of carboxylic acid groups (broad SMARTS) is 1. The summed E-state index contributed by atoms with van der Waals surface area (Å²) in [6.07, 6.45) is 6.22. The minimum Gasteiger partial charge on any atom is -0.481 e. The van der Waals surface area contributed by atoms with E-state index in [-0.39, 0.29) is 0 Å². The average molecular weight is 255 g/mol. The van der Waals surface area contributed by atoms with Crippen molar-refractivity contribution in [1.29, 1.82) is 0 Å². The number of hydrogen-bond acceptors (Lipinski definition) is 3. The SMILES string of the molecule is CC1CC(N2CCC(CCC(=O)O)CC2)CCO1. The quantitative estimate of drug-likeness (QED) is 0.836. The molecule has 0 aliphatic carbocycles.